The minimum Gasteiger partial charge on any atom is -0.480 e. The van der Waals surface area contributed by atoms with E-state index in [0.717, 1.165) is 0 Å². The monoisotopic (exact) mass is 281 g/mol. The topological polar surface area (TPSA) is 121 Å². The van der Waals surface area contributed by atoms with E-state index in [-0.39, 0.29) is 19.6 Å². The highest BCUT2D eigenvalue weighted by molar-refractivity contribution is 7.89. The largest absolute Gasteiger partial charge is 0.480 e. The molecule has 0 aliphatic carbocycles. The van der Waals surface area contributed by atoms with E-state index in [2.05, 4.69) is 4.74 Å². The highest BCUT2D eigenvalue weighted by Gasteiger charge is 2.43. The van der Waals surface area contributed by atoms with Crippen LogP contribution in [0.25, 0.3) is 0 Å². The molecule has 104 valence electrons. The van der Waals surface area contributed by atoms with Crippen LogP contribution in [0.5, 0.6) is 0 Å². The number of rotatable bonds is 5. The van der Waals surface area contributed by atoms with Gasteiger partial charge in [-0.2, -0.15) is 4.31 Å². The summed E-state index contributed by atoms with van der Waals surface area (Å²) in [6, 6.07) is -1.33. The maximum absolute atomic E-state index is 11.8. The van der Waals surface area contributed by atoms with E-state index in [1.54, 1.807) is 0 Å². The maximum Gasteiger partial charge on any atom is 0.322 e. The van der Waals surface area contributed by atoms with Crippen molar-refractivity contribution in [1.29, 1.82) is 0 Å². The number of aliphatic carboxylic acids is 1. The lowest BCUT2D eigenvalue weighted by Gasteiger charge is -2.19. The molecule has 0 unspecified atom stereocenters. The summed E-state index contributed by atoms with van der Waals surface area (Å²) >= 11 is 0. The Morgan fingerprint density at radius 1 is 1.44 bits per heavy atom. The minimum atomic E-state index is -4.09. The number of ether oxygens (including phenoxy) is 1. The number of carboxylic acids is 1. The van der Waals surface area contributed by atoms with E-state index in [4.69, 9.17) is 5.11 Å². The van der Waals surface area contributed by atoms with Crippen LogP contribution in [0.1, 0.15) is 13.3 Å². The summed E-state index contributed by atoms with van der Waals surface area (Å²) in [6.07, 6.45) is -1.22. The number of carbonyl (C=O) groups is 2. The summed E-state index contributed by atoms with van der Waals surface area (Å²) in [4.78, 5) is 22.0. The number of carbonyl (C=O) groups excluding carboxylic acids is 1. The Balaban J connectivity index is 2.83. The molecule has 1 aliphatic heterocycles. The molecule has 0 saturated carbocycles. The van der Waals surface area contributed by atoms with E-state index in [9.17, 15) is 23.1 Å². The molecule has 0 amide bonds. The van der Waals surface area contributed by atoms with Crippen LogP contribution in [0.15, 0.2) is 0 Å². The van der Waals surface area contributed by atoms with Gasteiger partial charge in [0.1, 0.15) is 6.04 Å². The summed E-state index contributed by atoms with van der Waals surface area (Å²) in [6.45, 7) is 1.25. The quantitative estimate of drug-likeness (QED) is 0.582. The zero-order valence-corrected chi connectivity index (χ0v) is 10.6. The van der Waals surface area contributed by atoms with Gasteiger partial charge in [0.15, 0.2) is 5.75 Å². The Morgan fingerprint density at radius 3 is 2.56 bits per heavy atom. The molecule has 2 N–H and O–H groups in total. The predicted molar refractivity (Wildman–Crippen MR) is 59.2 cm³/mol. The summed E-state index contributed by atoms with van der Waals surface area (Å²) in [7, 11) is -4.09. The smallest absolute Gasteiger partial charge is 0.322 e. The number of hydrogen-bond donors (Lipinski definition) is 2. The average molecular weight is 281 g/mol. The first kappa shape index (κ1) is 14.9. The minimum absolute atomic E-state index is 0.0410. The van der Waals surface area contributed by atoms with Gasteiger partial charge < -0.3 is 14.9 Å². The van der Waals surface area contributed by atoms with Crippen LogP contribution in [0.2, 0.25) is 0 Å². The van der Waals surface area contributed by atoms with Gasteiger partial charge in [0.25, 0.3) is 0 Å². The Labute approximate surface area is 104 Å². The van der Waals surface area contributed by atoms with Crippen LogP contribution in [-0.4, -0.2) is 65.9 Å². The van der Waals surface area contributed by atoms with Crippen LogP contribution in [0, 0.1) is 0 Å². The van der Waals surface area contributed by atoms with Crippen LogP contribution in [0.4, 0.5) is 0 Å². The Kier molecular flexibility index (Phi) is 4.65. The number of carboxylic acid groups (broad SMARTS) is 1. The van der Waals surface area contributed by atoms with Crippen molar-refractivity contribution in [3.8, 4) is 0 Å². The fourth-order valence-corrected chi connectivity index (χ4v) is 3.26. The fourth-order valence-electron chi connectivity index (χ4n) is 1.75. The van der Waals surface area contributed by atoms with Gasteiger partial charge in [0.05, 0.1) is 12.7 Å². The molecule has 0 bridgehead atoms. The lowest BCUT2D eigenvalue weighted by Crippen LogP contribution is -2.43. The number of β-amino-alcohol motifs (C(OH)–C–C–N with tert-alkyl or cyclic N) is 1. The Bertz CT molecular complexity index is 432. The Morgan fingerprint density at radius 2 is 2.06 bits per heavy atom. The van der Waals surface area contributed by atoms with Crippen LogP contribution < -0.4 is 0 Å². The highest BCUT2D eigenvalue weighted by atomic mass is 32.2. The fraction of sp³-hybridized carbons (Fsp3) is 0.778. The molecule has 1 saturated heterocycles. The summed E-state index contributed by atoms with van der Waals surface area (Å²) < 4.78 is 28.8. The van der Waals surface area contributed by atoms with Crippen molar-refractivity contribution >= 4 is 22.0 Å². The van der Waals surface area contributed by atoms with Gasteiger partial charge in [-0.3, -0.25) is 9.59 Å². The van der Waals surface area contributed by atoms with Crippen molar-refractivity contribution in [1.82, 2.24) is 4.31 Å². The van der Waals surface area contributed by atoms with E-state index in [0.29, 0.717) is 4.31 Å². The Hall–Kier alpha value is -1.19. The summed E-state index contributed by atoms with van der Waals surface area (Å²) in [5, 5.41) is 18.2. The van der Waals surface area contributed by atoms with Crippen molar-refractivity contribution in [2.75, 3.05) is 18.9 Å². The first-order chi connectivity index (χ1) is 8.27. The third-order valence-corrected chi connectivity index (χ3v) is 4.20. The highest BCUT2D eigenvalue weighted by Crippen LogP contribution is 2.22. The number of nitrogens with zero attached hydrogens (tertiary/aromatic N) is 1. The van der Waals surface area contributed by atoms with Crippen molar-refractivity contribution in [3.63, 3.8) is 0 Å². The van der Waals surface area contributed by atoms with Gasteiger partial charge in [0, 0.05) is 13.0 Å². The van der Waals surface area contributed by atoms with Gasteiger partial charge >= 0.3 is 11.9 Å². The molecule has 1 heterocycles. The van der Waals surface area contributed by atoms with Crippen molar-refractivity contribution in [2.45, 2.75) is 25.5 Å². The van der Waals surface area contributed by atoms with Gasteiger partial charge in [-0.25, -0.2) is 8.42 Å². The third-order valence-electron chi connectivity index (χ3n) is 2.48. The lowest BCUT2D eigenvalue weighted by molar-refractivity contribution is -0.142. The van der Waals surface area contributed by atoms with E-state index in [1.807, 2.05) is 0 Å². The van der Waals surface area contributed by atoms with Crippen molar-refractivity contribution in [2.24, 2.45) is 0 Å². The molecular weight excluding hydrogens is 266 g/mol. The zero-order chi connectivity index (χ0) is 13.9. The van der Waals surface area contributed by atoms with Gasteiger partial charge in [-0.05, 0) is 6.92 Å². The second kappa shape index (κ2) is 5.63. The number of aliphatic hydroxyl groups excluding tert-OH is 1. The van der Waals surface area contributed by atoms with Crippen LogP contribution in [0.3, 0.4) is 0 Å². The first-order valence-electron chi connectivity index (χ1n) is 5.34. The van der Waals surface area contributed by atoms with Crippen LogP contribution in [-0.2, 0) is 24.3 Å². The average Bonchev–Trinajstić information content (AvgIpc) is 2.60. The number of esters is 1. The molecule has 0 aromatic heterocycles. The number of aliphatic hydroxyl groups is 1. The second-order valence-corrected chi connectivity index (χ2v) is 5.80. The molecule has 0 aromatic carbocycles. The van der Waals surface area contributed by atoms with Crippen LogP contribution >= 0.6 is 0 Å². The van der Waals surface area contributed by atoms with Gasteiger partial charge in [-0.15, -0.1) is 0 Å². The second-order valence-electron chi connectivity index (χ2n) is 3.87. The van der Waals surface area contributed by atoms with Gasteiger partial charge in [0.2, 0.25) is 10.0 Å². The molecule has 1 rings (SSSR count). The molecule has 1 fully saturated rings. The standard InChI is InChI=1S/C9H15NO7S/c1-2-17-8(12)5-18(15,16)10-4-6(11)3-7(10)9(13)14/h6-7,11H,2-5H2,1H3,(H,13,14)/t6-,7-/m1/s1. The van der Waals surface area contributed by atoms with E-state index >= 15 is 0 Å². The molecule has 2 atom stereocenters. The van der Waals surface area contributed by atoms with Crippen molar-refractivity contribution < 1.29 is 33.0 Å². The maximum atomic E-state index is 11.8. The van der Waals surface area contributed by atoms with Gasteiger partial charge in [-0.1, -0.05) is 0 Å². The molecular formula is C9H15NO7S. The molecule has 8 nitrogen and oxygen atoms in total. The molecule has 0 aromatic rings. The summed E-state index contributed by atoms with van der Waals surface area (Å²) in [5.74, 6) is -3.21. The van der Waals surface area contributed by atoms with E-state index in [1.165, 1.54) is 6.92 Å². The van der Waals surface area contributed by atoms with E-state index < -0.39 is 39.9 Å². The molecule has 1 aliphatic rings. The predicted octanol–water partition coefficient (Wildman–Crippen LogP) is -1.60. The molecule has 18 heavy (non-hydrogen) atoms. The number of hydrogen-bond acceptors (Lipinski definition) is 6. The van der Waals surface area contributed by atoms with Crippen molar-refractivity contribution in [3.05, 3.63) is 0 Å². The number of sulfonamides is 1. The third kappa shape index (κ3) is 3.40. The zero-order valence-electron chi connectivity index (χ0n) is 9.77. The summed E-state index contributed by atoms with van der Waals surface area (Å²) in [5.41, 5.74) is 0. The molecule has 9 heteroatoms. The SMILES string of the molecule is CCOC(=O)CS(=O)(=O)N1C[C@H](O)C[C@@H]1C(=O)O. The molecule has 0 spiro atoms. The first-order valence-corrected chi connectivity index (χ1v) is 6.95. The normalized spacial score (nSPS) is 25.0. The molecule has 0 radical (unpaired) electrons. The lowest BCUT2D eigenvalue weighted by atomic mass is 10.2.